The Morgan fingerprint density at radius 1 is 0.909 bits per heavy atom. The lowest BCUT2D eigenvalue weighted by Crippen LogP contribution is -2.35. The molecule has 0 saturated carbocycles. The van der Waals surface area contributed by atoms with Crippen LogP contribution in [0.2, 0.25) is 0 Å². The summed E-state index contributed by atoms with van der Waals surface area (Å²) in [6, 6.07) is 17.9. The molecule has 0 aliphatic heterocycles. The standard InChI is InChI=1S/C26H23F2N3OS/c1-16-3-4-17(2)24-23(16)13-19(25(32)30-24)15-31(14-18-5-7-20(27)8-6-18)26(33)29-22-11-9-21(28)10-12-22/h3-13H,14-15H2,1-2H3,(H,29,33)(H,30,32). The van der Waals surface area contributed by atoms with E-state index in [9.17, 15) is 13.6 Å². The molecule has 7 heteroatoms. The predicted octanol–water partition coefficient (Wildman–Crippen LogP) is 5.82. The van der Waals surface area contributed by atoms with E-state index >= 15 is 0 Å². The lowest BCUT2D eigenvalue weighted by Gasteiger charge is -2.26. The van der Waals surface area contributed by atoms with Crippen LogP contribution in [0.4, 0.5) is 14.5 Å². The second-order valence-corrected chi connectivity index (χ2v) is 8.42. The van der Waals surface area contributed by atoms with Gasteiger partial charge < -0.3 is 15.2 Å². The summed E-state index contributed by atoms with van der Waals surface area (Å²) in [5.74, 6) is -0.669. The van der Waals surface area contributed by atoms with Crippen molar-refractivity contribution in [2.24, 2.45) is 0 Å². The van der Waals surface area contributed by atoms with Crippen molar-refractivity contribution < 1.29 is 8.78 Å². The maximum atomic E-state index is 13.4. The van der Waals surface area contributed by atoms with Crippen LogP contribution in [0.15, 0.2) is 71.5 Å². The Morgan fingerprint density at radius 3 is 2.18 bits per heavy atom. The fourth-order valence-electron chi connectivity index (χ4n) is 3.69. The Hall–Kier alpha value is -3.58. The number of thiocarbonyl (C=S) groups is 1. The number of benzene rings is 3. The molecule has 0 radical (unpaired) electrons. The van der Waals surface area contributed by atoms with Gasteiger partial charge in [0.15, 0.2) is 5.11 Å². The molecule has 0 fully saturated rings. The third-order valence-corrected chi connectivity index (χ3v) is 5.91. The zero-order chi connectivity index (χ0) is 23.5. The number of halogens is 2. The van der Waals surface area contributed by atoms with E-state index in [2.05, 4.69) is 10.3 Å². The second kappa shape index (κ2) is 9.50. The number of anilines is 1. The summed E-state index contributed by atoms with van der Waals surface area (Å²) in [5, 5.41) is 4.45. The molecule has 0 saturated heterocycles. The van der Waals surface area contributed by atoms with E-state index in [0.717, 1.165) is 27.6 Å². The van der Waals surface area contributed by atoms with Gasteiger partial charge in [0.2, 0.25) is 0 Å². The number of nitrogens with one attached hydrogen (secondary N) is 2. The largest absolute Gasteiger partial charge is 0.340 e. The number of aromatic nitrogens is 1. The average Bonchev–Trinajstić information content (AvgIpc) is 2.79. The Bertz CT molecular complexity index is 1370. The lowest BCUT2D eigenvalue weighted by atomic mass is 10.0. The first kappa shape index (κ1) is 22.6. The zero-order valence-electron chi connectivity index (χ0n) is 18.3. The molecule has 0 aliphatic carbocycles. The summed E-state index contributed by atoms with van der Waals surface area (Å²) in [6.45, 7) is 4.56. The fraction of sp³-hybridized carbons (Fsp3) is 0.154. The monoisotopic (exact) mass is 463 g/mol. The Morgan fingerprint density at radius 2 is 1.52 bits per heavy atom. The summed E-state index contributed by atoms with van der Waals surface area (Å²) in [7, 11) is 0. The smallest absolute Gasteiger partial charge is 0.253 e. The summed E-state index contributed by atoms with van der Waals surface area (Å²) in [4.78, 5) is 17.7. The molecule has 0 aliphatic rings. The average molecular weight is 464 g/mol. The molecule has 168 valence electrons. The van der Waals surface area contributed by atoms with Crippen LogP contribution in [0, 0.1) is 25.5 Å². The number of nitrogens with zero attached hydrogens (tertiary/aromatic N) is 1. The molecule has 0 atom stereocenters. The Balaban J connectivity index is 1.68. The van der Waals surface area contributed by atoms with Crippen molar-refractivity contribution in [3.63, 3.8) is 0 Å². The van der Waals surface area contributed by atoms with Crippen LogP contribution >= 0.6 is 12.2 Å². The van der Waals surface area contributed by atoms with Gasteiger partial charge in [-0.25, -0.2) is 8.78 Å². The lowest BCUT2D eigenvalue weighted by molar-refractivity contribution is 0.411. The molecule has 4 nitrogen and oxygen atoms in total. The van der Waals surface area contributed by atoms with Gasteiger partial charge in [0.25, 0.3) is 5.56 Å². The van der Waals surface area contributed by atoms with Gasteiger partial charge in [0, 0.05) is 23.2 Å². The topological polar surface area (TPSA) is 48.1 Å². The van der Waals surface area contributed by atoms with Crippen LogP contribution in [0.25, 0.3) is 10.9 Å². The van der Waals surface area contributed by atoms with Crippen molar-refractivity contribution >= 4 is 33.9 Å². The van der Waals surface area contributed by atoms with Crippen molar-refractivity contribution in [1.29, 1.82) is 0 Å². The van der Waals surface area contributed by atoms with E-state index in [1.165, 1.54) is 24.3 Å². The number of aromatic amines is 1. The van der Waals surface area contributed by atoms with Gasteiger partial charge in [0.1, 0.15) is 11.6 Å². The number of rotatable bonds is 5. The van der Waals surface area contributed by atoms with E-state index in [1.807, 2.05) is 36.9 Å². The summed E-state index contributed by atoms with van der Waals surface area (Å²) >= 11 is 5.63. The van der Waals surface area contributed by atoms with Crippen molar-refractivity contribution in [1.82, 2.24) is 9.88 Å². The maximum absolute atomic E-state index is 13.4. The van der Waals surface area contributed by atoms with Crippen molar-refractivity contribution in [2.45, 2.75) is 26.9 Å². The van der Waals surface area contributed by atoms with Crippen LogP contribution in [0.5, 0.6) is 0 Å². The highest BCUT2D eigenvalue weighted by atomic mass is 32.1. The molecule has 33 heavy (non-hydrogen) atoms. The SMILES string of the molecule is Cc1ccc(C)c2[nH]c(=O)c(CN(Cc3ccc(F)cc3)C(=S)Nc3ccc(F)cc3)cc12. The maximum Gasteiger partial charge on any atom is 0.253 e. The number of hydrogen-bond donors (Lipinski definition) is 2. The molecular formula is C26H23F2N3OS. The van der Waals surface area contributed by atoms with Gasteiger partial charge in [-0.15, -0.1) is 0 Å². The van der Waals surface area contributed by atoms with Gasteiger partial charge in [0.05, 0.1) is 12.1 Å². The number of hydrogen-bond acceptors (Lipinski definition) is 2. The highest BCUT2D eigenvalue weighted by molar-refractivity contribution is 7.80. The van der Waals surface area contributed by atoms with Gasteiger partial charge in [-0.05, 0) is 85.2 Å². The molecule has 4 rings (SSSR count). The minimum absolute atomic E-state index is 0.190. The zero-order valence-corrected chi connectivity index (χ0v) is 19.1. The summed E-state index contributed by atoms with van der Waals surface area (Å²) in [6.07, 6.45) is 0. The first-order chi connectivity index (χ1) is 15.8. The normalized spacial score (nSPS) is 10.9. The molecule has 1 heterocycles. The van der Waals surface area contributed by atoms with Crippen molar-refractivity contribution in [2.75, 3.05) is 5.32 Å². The third-order valence-electron chi connectivity index (χ3n) is 5.55. The summed E-state index contributed by atoms with van der Waals surface area (Å²) < 4.78 is 26.7. The molecule has 2 N–H and O–H groups in total. The van der Waals surface area contributed by atoms with E-state index in [4.69, 9.17) is 12.2 Å². The van der Waals surface area contributed by atoms with Gasteiger partial charge in [-0.2, -0.15) is 0 Å². The van der Waals surface area contributed by atoms with Crippen LogP contribution < -0.4 is 10.9 Å². The van der Waals surface area contributed by atoms with E-state index in [0.29, 0.717) is 22.9 Å². The van der Waals surface area contributed by atoms with Crippen LogP contribution in [0.3, 0.4) is 0 Å². The Labute approximate surface area is 195 Å². The highest BCUT2D eigenvalue weighted by Crippen LogP contribution is 2.21. The van der Waals surface area contributed by atoms with Crippen molar-refractivity contribution in [3.8, 4) is 0 Å². The van der Waals surface area contributed by atoms with E-state index in [1.54, 1.807) is 24.3 Å². The van der Waals surface area contributed by atoms with E-state index < -0.39 is 0 Å². The first-order valence-electron chi connectivity index (χ1n) is 10.5. The Kier molecular flexibility index (Phi) is 6.51. The second-order valence-electron chi connectivity index (χ2n) is 8.03. The molecular weight excluding hydrogens is 440 g/mol. The minimum atomic E-state index is -0.344. The first-order valence-corrected chi connectivity index (χ1v) is 10.9. The predicted molar refractivity (Wildman–Crippen MR) is 132 cm³/mol. The molecule has 0 bridgehead atoms. The number of aryl methyl sites for hydroxylation is 2. The molecule has 3 aromatic carbocycles. The molecule has 0 spiro atoms. The van der Waals surface area contributed by atoms with Gasteiger partial charge >= 0.3 is 0 Å². The van der Waals surface area contributed by atoms with Crippen molar-refractivity contribution in [3.05, 3.63) is 111 Å². The molecule has 1 aromatic heterocycles. The van der Waals surface area contributed by atoms with Crippen LogP contribution in [0.1, 0.15) is 22.3 Å². The third kappa shape index (κ3) is 5.26. The molecule has 0 unspecified atom stereocenters. The van der Waals surface area contributed by atoms with Gasteiger partial charge in [-0.1, -0.05) is 24.3 Å². The quantitative estimate of drug-likeness (QED) is 0.366. The van der Waals surface area contributed by atoms with Crippen LogP contribution in [-0.2, 0) is 13.1 Å². The number of pyridine rings is 1. The highest BCUT2D eigenvalue weighted by Gasteiger charge is 2.16. The number of H-pyrrole nitrogens is 1. The minimum Gasteiger partial charge on any atom is -0.340 e. The van der Waals surface area contributed by atoms with Gasteiger partial charge in [-0.3, -0.25) is 4.79 Å². The van der Waals surface area contributed by atoms with Crippen LogP contribution in [-0.4, -0.2) is 15.0 Å². The van der Waals surface area contributed by atoms with E-state index in [-0.39, 0.29) is 23.7 Å². The fourth-order valence-corrected chi connectivity index (χ4v) is 3.93. The molecule has 0 amide bonds. The molecule has 4 aromatic rings. The number of fused-ring (bicyclic) bond motifs is 1. The summed E-state index contributed by atoms with van der Waals surface area (Å²) in [5.41, 5.74) is 4.71.